The lowest BCUT2D eigenvalue weighted by molar-refractivity contribution is -0.116. The van der Waals surface area contributed by atoms with Gasteiger partial charge < -0.3 is 15.0 Å². The predicted octanol–water partition coefficient (Wildman–Crippen LogP) is 4.66. The van der Waals surface area contributed by atoms with Gasteiger partial charge in [-0.1, -0.05) is 17.7 Å². The summed E-state index contributed by atoms with van der Waals surface area (Å²) in [7, 11) is 0. The van der Waals surface area contributed by atoms with E-state index in [9.17, 15) is 4.79 Å². The Labute approximate surface area is 153 Å². The van der Waals surface area contributed by atoms with E-state index in [-0.39, 0.29) is 5.91 Å². The molecule has 25 heavy (non-hydrogen) atoms. The van der Waals surface area contributed by atoms with Gasteiger partial charge in [0.1, 0.15) is 5.75 Å². The number of benzene rings is 2. The quantitative estimate of drug-likeness (QED) is 0.816. The highest BCUT2D eigenvalue weighted by molar-refractivity contribution is 6.30. The molecule has 4 nitrogen and oxygen atoms in total. The lowest BCUT2D eigenvalue weighted by Crippen LogP contribution is -2.19. The monoisotopic (exact) mass is 358 g/mol. The Morgan fingerprint density at radius 1 is 1.20 bits per heavy atom. The third-order valence-corrected chi connectivity index (χ3v) is 4.56. The van der Waals surface area contributed by atoms with Gasteiger partial charge in [-0.2, -0.15) is 0 Å². The van der Waals surface area contributed by atoms with Crippen LogP contribution in [0.15, 0.2) is 42.5 Å². The maximum absolute atomic E-state index is 12.1. The summed E-state index contributed by atoms with van der Waals surface area (Å²) in [6.07, 6.45) is 2.80. The zero-order chi connectivity index (χ0) is 17.6. The lowest BCUT2D eigenvalue weighted by atomic mass is 10.1. The minimum atomic E-state index is -0.0599. The van der Waals surface area contributed by atoms with Crippen LogP contribution >= 0.6 is 11.6 Å². The Kier molecular flexibility index (Phi) is 5.82. The van der Waals surface area contributed by atoms with Crippen molar-refractivity contribution in [3.05, 3.63) is 53.1 Å². The van der Waals surface area contributed by atoms with Gasteiger partial charge in [-0.25, -0.2) is 0 Å². The molecule has 1 amide bonds. The highest BCUT2D eigenvalue weighted by atomic mass is 35.5. The van der Waals surface area contributed by atoms with E-state index in [1.807, 2.05) is 24.3 Å². The predicted molar refractivity (Wildman–Crippen MR) is 103 cm³/mol. The average Bonchev–Trinajstić information content (AvgIpc) is 3.09. The minimum Gasteiger partial charge on any atom is -0.493 e. The van der Waals surface area contributed by atoms with E-state index in [0.717, 1.165) is 18.8 Å². The second kappa shape index (κ2) is 8.26. The smallest absolute Gasteiger partial charge is 0.227 e. The molecule has 0 radical (unpaired) electrons. The third kappa shape index (κ3) is 4.89. The van der Waals surface area contributed by atoms with Crippen LogP contribution in [0.3, 0.4) is 0 Å². The van der Waals surface area contributed by atoms with Gasteiger partial charge in [0, 0.05) is 29.5 Å². The third-order valence-electron chi connectivity index (χ3n) is 4.32. The van der Waals surface area contributed by atoms with E-state index >= 15 is 0 Å². The van der Waals surface area contributed by atoms with Crippen molar-refractivity contribution < 1.29 is 9.53 Å². The first-order chi connectivity index (χ1) is 12.1. The molecule has 0 bridgehead atoms. The van der Waals surface area contributed by atoms with Gasteiger partial charge >= 0.3 is 0 Å². The van der Waals surface area contributed by atoms with E-state index in [2.05, 4.69) is 23.2 Å². The molecule has 5 heteroatoms. The largest absolute Gasteiger partial charge is 0.493 e. The SMILES string of the molecule is Cc1cc(NC(=O)CCOc2cccc(Cl)c2)ccc1N1CCCC1. The first kappa shape index (κ1) is 17.6. The maximum atomic E-state index is 12.1. The van der Waals surface area contributed by atoms with Gasteiger partial charge in [0.15, 0.2) is 0 Å². The van der Waals surface area contributed by atoms with Gasteiger partial charge in [0.05, 0.1) is 13.0 Å². The first-order valence-electron chi connectivity index (χ1n) is 8.65. The van der Waals surface area contributed by atoms with Gasteiger partial charge in [-0.3, -0.25) is 4.79 Å². The average molecular weight is 359 g/mol. The van der Waals surface area contributed by atoms with E-state index in [1.54, 1.807) is 12.1 Å². The summed E-state index contributed by atoms with van der Waals surface area (Å²) in [5, 5.41) is 3.56. The van der Waals surface area contributed by atoms with Crippen molar-refractivity contribution >= 4 is 28.9 Å². The summed E-state index contributed by atoms with van der Waals surface area (Å²) >= 11 is 5.91. The number of nitrogens with one attached hydrogen (secondary N) is 1. The number of halogens is 1. The molecule has 0 aromatic heterocycles. The van der Waals surface area contributed by atoms with Crippen molar-refractivity contribution in [3.8, 4) is 5.75 Å². The highest BCUT2D eigenvalue weighted by Crippen LogP contribution is 2.26. The van der Waals surface area contributed by atoms with Crippen molar-refractivity contribution in [2.75, 3.05) is 29.9 Å². The number of carbonyl (C=O) groups excluding carboxylic acids is 1. The normalized spacial score (nSPS) is 13.8. The fourth-order valence-corrected chi connectivity index (χ4v) is 3.27. The van der Waals surface area contributed by atoms with Gasteiger partial charge in [-0.05, 0) is 61.7 Å². The number of amides is 1. The van der Waals surface area contributed by atoms with Crippen LogP contribution in [-0.4, -0.2) is 25.6 Å². The molecule has 2 aromatic carbocycles. The number of hydrogen-bond acceptors (Lipinski definition) is 3. The fraction of sp³-hybridized carbons (Fsp3) is 0.350. The topological polar surface area (TPSA) is 41.6 Å². The summed E-state index contributed by atoms with van der Waals surface area (Å²) < 4.78 is 5.55. The molecule has 0 unspecified atom stereocenters. The number of hydrogen-bond donors (Lipinski definition) is 1. The van der Waals surface area contributed by atoms with Crippen molar-refractivity contribution in [3.63, 3.8) is 0 Å². The molecule has 0 spiro atoms. The van der Waals surface area contributed by atoms with Crippen molar-refractivity contribution in [2.24, 2.45) is 0 Å². The zero-order valence-corrected chi connectivity index (χ0v) is 15.2. The molecule has 0 aliphatic carbocycles. The molecular formula is C20H23ClN2O2. The first-order valence-corrected chi connectivity index (χ1v) is 9.03. The molecule has 1 heterocycles. The van der Waals surface area contributed by atoms with Crippen LogP contribution in [0.1, 0.15) is 24.8 Å². The van der Waals surface area contributed by atoms with Crippen molar-refractivity contribution in [1.82, 2.24) is 0 Å². The number of aryl methyl sites for hydroxylation is 1. The molecule has 1 aliphatic rings. The lowest BCUT2D eigenvalue weighted by Gasteiger charge is -2.20. The van der Waals surface area contributed by atoms with Gasteiger partial charge in [0.2, 0.25) is 5.91 Å². The van der Waals surface area contributed by atoms with E-state index < -0.39 is 0 Å². The summed E-state index contributed by atoms with van der Waals surface area (Å²) in [4.78, 5) is 14.5. The van der Waals surface area contributed by atoms with Crippen LogP contribution in [0.2, 0.25) is 5.02 Å². The minimum absolute atomic E-state index is 0.0599. The van der Waals surface area contributed by atoms with E-state index in [4.69, 9.17) is 16.3 Å². The molecule has 1 aliphatic heterocycles. The number of nitrogens with zero attached hydrogens (tertiary/aromatic N) is 1. The van der Waals surface area contributed by atoms with Crippen molar-refractivity contribution in [1.29, 1.82) is 0 Å². The van der Waals surface area contributed by atoms with Crippen LogP contribution in [0.25, 0.3) is 0 Å². The molecule has 132 valence electrons. The van der Waals surface area contributed by atoms with Gasteiger partial charge in [0.25, 0.3) is 0 Å². The second-order valence-electron chi connectivity index (χ2n) is 6.30. The Morgan fingerprint density at radius 3 is 2.72 bits per heavy atom. The molecule has 0 atom stereocenters. The molecule has 1 fully saturated rings. The zero-order valence-electron chi connectivity index (χ0n) is 14.4. The summed E-state index contributed by atoms with van der Waals surface area (Å²) in [5.74, 6) is 0.612. The second-order valence-corrected chi connectivity index (χ2v) is 6.74. The fourth-order valence-electron chi connectivity index (χ4n) is 3.09. The Morgan fingerprint density at radius 2 is 2.00 bits per heavy atom. The van der Waals surface area contributed by atoms with E-state index in [1.165, 1.54) is 24.1 Å². The molecule has 2 aromatic rings. The van der Waals surface area contributed by atoms with Crippen LogP contribution in [0.5, 0.6) is 5.75 Å². The van der Waals surface area contributed by atoms with Crippen LogP contribution in [0, 0.1) is 6.92 Å². The maximum Gasteiger partial charge on any atom is 0.227 e. The van der Waals surface area contributed by atoms with E-state index in [0.29, 0.717) is 23.8 Å². The molecule has 1 saturated heterocycles. The molecule has 0 saturated carbocycles. The summed E-state index contributed by atoms with van der Waals surface area (Å²) in [6.45, 7) is 4.64. The van der Waals surface area contributed by atoms with Crippen molar-refractivity contribution in [2.45, 2.75) is 26.2 Å². The summed E-state index contributed by atoms with van der Waals surface area (Å²) in [6, 6.07) is 13.3. The van der Waals surface area contributed by atoms with Crippen LogP contribution < -0.4 is 15.0 Å². The van der Waals surface area contributed by atoms with Crippen LogP contribution in [-0.2, 0) is 4.79 Å². The Hall–Kier alpha value is -2.20. The summed E-state index contributed by atoms with van der Waals surface area (Å²) in [5.41, 5.74) is 3.28. The molecule has 3 rings (SSSR count). The number of ether oxygens (including phenoxy) is 1. The Bertz CT molecular complexity index is 742. The van der Waals surface area contributed by atoms with Crippen LogP contribution in [0.4, 0.5) is 11.4 Å². The highest BCUT2D eigenvalue weighted by Gasteiger charge is 2.14. The Balaban J connectivity index is 1.50. The number of rotatable bonds is 6. The molecule has 1 N–H and O–H groups in total. The number of anilines is 2. The van der Waals surface area contributed by atoms with Gasteiger partial charge in [-0.15, -0.1) is 0 Å². The standard InChI is InChI=1S/C20H23ClN2O2/c1-15-13-17(7-8-19(15)23-10-2-3-11-23)22-20(24)9-12-25-18-6-4-5-16(21)14-18/h4-8,13-14H,2-3,9-12H2,1H3,(H,22,24). The molecular weight excluding hydrogens is 336 g/mol. The number of carbonyl (C=O) groups is 1.